The number of aliphatic hydroxyl groups is 2. The number of hydrogen-bond donors (Lipinski definition) is 2. The van der Waals surface area contributed by atoms with Crippen LogP contribution >= 0.6 is 0 Å². The summed E-state index contributed by atoms with van der Waals surface area (Å²) in [6.45, 7) is 10.3. The van der Waals surface area contributed by atoms with Gasteiger partial charge in [0.1, 0.15) is 29.7 Å². The Balaban J connectivity index is 2.04. The van der Waals surface area contributed by atoms with Gasteiger partial charge in [0.2, 0.25) is 0 Å². The van der Waals surface area contributed by atoms with Crippen LogP contribution in [0.25, 0.3) is 0 Å². The first-order valence-electron chi connectivity index (χ1n) is 12.3. The number of Topliss-reactive ketones (excluding diaryl/α,β-unsaturated/α-hetero) is 1. The van der Waals surface area contributed by atoms with Crippen LogP contribution in [0.1, 0.15) is 61.3 Å². The predicted octanol–water partition coefficient (Wildman–Crippen LogP) is 1.24. The maximum Gasteiger partial charge on any atom is 0.303 e. The molecule has 0 aromatic carbocycles. The monoisotopic (exact) mass is 508 g/mol. The average molecular weight is 509 g/mol. The summed E-state index contributed by atoms with van der Waals surface area (Å²) in [4.78, 5) is 51.0. The fourth-order valence-electron chi connectivity index (χ4n) is 7.35. The number of hydrogen-bond acceptors (Lipinski definition) is 10. The Bertz CT molecular complexity index is 1030. The fourth-order valence-corrected chi connectivity index (χ4v) is 7.35. The fraction of sp³-hybridized carbons (Fsp3) is 0.769. The molecule has 1 heterocycles. The summed E-state index contributed by atoms with van der Waals surface area (Å²) in [5, 5.41) is 24.0. The predicted molar refractivity (Wildman–Crippen MR) is 123 cm³/mol. The third-order valence-corrected chi connectivity index (χ3v) is 9.15. The molecule has 0 aromatic rings. The lowest BCUT2D eigenvalue weighted by molar-refractivity contribution is -0.346. The molecule has 0 radical (unpaired) electrons. The van der Waals surface area contributed by atoms with Crippen molar-refractivity contribution < 1.29 is 48.3 Å². The van der Waals surface area contributed by atoms with Gasteiger partial charge in [0, 0.05) is 44.9 Å². The normalized spacial score (nSPS) is 44.9. The van der Waals surface area contributed by atoms with Gasteiger partial charge in [0.25, 0.3) is 0 Å². The van der Waals surface area contributed by atoms with Crippen molar-refractivity contribution in [3.63, 3.8) is 0 Å². The zero-order valence-corrected chi connectivity index (χ0v) is 21.8. The lowest BCUT2D eigenvalue weighted by Gasteiger charge is -2.67. The van der Waals surface area contributed by atoms with Crippen LogP contribution < -0.4 is 0 Å². The smallest absolute Gasteiger partial charge is 0.303 e. The van der Waals surface area contributed by atoms with Crippen molar-refractivity contribution in [1.29, 1.82) is 0 Å². The van der Waals surface area contributed by atoms with Crippen LogP contribution in [0.4, 0.5) is 0 Å². The number of esters is 3. The quantitative estimate of drug-likeness (QED) is 0.324. The molecule has 9 atom stereocenters. The van der Waals surface area contributed by atoms with Gasteiger partial charge >= 0.3 is 17.9 Å². The number of ketones is 1. The number of carbonyl (C=O) groups excluding carboxylic acids is 4. The van der Waals surface area contributed by atoms with Crippen LogP contribution in [0.5, 0.6) is 0 Å². The molecule has 4 aliphatic rings. The van der Waals surface area contributed by atoms with Crippen molar-refractivity contribution in [3.8, 4) is 0 Å². The highest BCUT2D eigenvalue weighted by molar-refractivity contribution is 5.91. The van der Waals surface area contributed by atoms with Crippen LogP contribution in [0.15, 0.2) is 11.6 Å². The van der Waals surface area contributed by atoms with Gasteiger partial charge < -0.3 is 29.2 Å². The topological polar surface area (TPSA) is 146 Å². The van der Waals surface area contributed by atoms with E-state index in [0.29, 0.717) is 5.57 Å². The van der Waals surface area contributed by atoms with E-state index in [9.17, 15) is 29.4 Å². The molecule has 3 aliphatic carbocycles. The molecule has 36 heavy (non-hydrogen) atoms. The van der Waals surface area contributed by atoms with Crippen LogP contribution in [0.3, 0.4) is 0 Å². The minimum Gasteiger partial charge on any atom is -0.459 e. The number of ether oxygens (including phenoxy) is 4. The van der Waals surface area contributed by atoms with Gasteiger partial charge in [-0.25, -0.2) is 0 Å². The Morgan fingerprint density at radius 2 is 1.67 bits per heavy atom. The molecule has 0 aromatic heterocycles. The van der Waals surface area contributed by atoms with E-state index in [2.05, 4.69) is 0 Å². The highest BCUT2D eigenvalue weighted by atomic mass is 16.6. The molecule has 1 aliphatic heterocycles. The van der Waals surface area contributed by atoms with Crippen LogP contribution in [0, 0.1) is 22.7 Å². The van der Waals surface area contributed by atoms with E-state index in [0.717, 1.165) is 0 Å². The van der Waals surface area contributed by atoms with Crippen LogP contribution in [-0.2, 0) is 38.1 Å². The van der Waals surface area contributed by atoms with Gasteiger partial charge in [-0.2, -0.15) is 0 Å². The maximum absolute atomic E-state index is 14.3. The minimum atomic E-state index is -1.87. The highest BCUT2D eigenvalue weighted by Crippen LogP contribution is 2.64. The summed E-state index contributed by atoms with van der Waals surface area (Å²) in [7, 11) is 0. The second kappa shape index (κ2) is 8.36. The molecule has 4 rings (SSSR count). The lowest BCUT2D eigenvalue weighted by Crippen LogP contribution is -2.81. The molecule has 2 saturated carbocycles. The molecule has 9 unspecified atom stereocenters. The third kappa shape index (κ3) is 3.48. The zero-order valence-electron chi connectivity index (χ0n) is 21.8. The molecule has 2 N–H and O–H groups in total. The van der Waals surface area contributed by atoms with Crippen molar-refractivity contribution in [1.82, 2.24) is 0 Å². The number of fused-ring (bicyclic) bond motifs is 5. The lowest BCUT2D eigenvalue weighted by atomic mass is 9.44. The van der Waals surface area contributed by atoms with Crippen molar-refractivity contribution >= 4 is 23.7 Å². The van der Waals surface area contributed by atoms with E-state index < -0.39 is 76.2 Å². The number of carbonyl (C=O) groups is 4. The standard InChI is InChI=1S/C26H36O10/c1-12-17-8-16(34-13(2)27)10-26(32,23(17,5)6)22(35-14(3)28)20-24(7,21(12)31)18(30)9-19-25(20,11-33-19)36-15(4)29/h8,12,16,18-20,22,30,32H,9-11H2,1-7H3. The van der Waals surface area contributed by atoms with Crippen LogP contribution in [-0.4, -0.2) is 76.1 Å². The largest absolute Gasteiger partial charge is 0.459 e. The summed E-state index contributed by atoms with van der Waals surface area (Å²) in [5.74, 6) is -4.20. The number of rotatable bonds is 3. The zero-order chi connectivity index (χ0) is 27.0. The summed E-state index contributed by atoms with van der Waals surface area (Å²) in [5.41, 5.74) is -5.46. The Kier molecular flexibility index (Phi) is 6.21. The molecular weight excluding hydrogens is 472 g/mol. The van der Waals surface area contributed by atoms with Crippen molar-refractivity contribution in [2.24, 2.45) is 22.7 Å². The van der Waals surface area contributed by atoms with Crippen LogP contribution in [0.2, 0.25) is 0 Å². The van der Waals surface area contributed by atoms with Gasteiger partial charge in [0.05, 0.1) is 24.0 Å². The van der Waals surface area contributed by atoms with E-state index in [1.165, 1.54) is 20.8 Å². The van der Waals surface area contributed by atoms with Gasteiger partial charge in [-0.05, 0) is 13.0 Å². The van der Waals surface area contributed by atoms with E-state index in [1.807, 2.05) is 0 Å². The van der Waals surface area contributed by atoms with Gasteiger partial charge in [-0.3, -0.25) is 19.2 Å². The molecule has 3 fully saturated rings. The minimum absolute atomic E-state index is 0.0302. The molecule has 1 saturated heterocycles. The molecule has 0 amide bonds. The number of aliphatic hydroxyl groups excluding tert-OH is 1. The first-order valence-corrected chi connectivity index (χ1v) is 12.3. The van der Waals surface area contributed by atoms with Gasteiger partial charge in [0.15, 0.2) is 5.60 Å². The Morgan fingerprint density at radius 3 is 2.17 bits per heavy atom. The SMILES string of the molecule is CC(=O)OC1C=C2C(C)C(=O)C3(C)C(O)CC4OCC4(OC(C)=O)C3C(OC(C)=O)C(O)(C1)C2(C)C. The molecule has 10 heteroatoms. The van der Waals surface area contributed by atoms with Crippen molar-refractivity contribution in [2.75, 3.05) is 6.61 Å². The summed E-state index contributed by atoms with van der Waals surface area (Å²) >= 11 is 0. The summed E-state index contributed by atoms with van der Waals surface area (Å²) in [6.07, 6.45) is -2.70. The van der Waals surface area contributed by atoms with Gasteiger partial charge in [-0.1, -0.05) is 26.3 Å². The van der Waals surface area contributed by atoms with E-state index in [1.54, 1.807) is 33.8 Å². The Hall–Kier alpha value is -2.30. The highest BCUT2D eigenvalue weighted by Gasteiger charge is 2.77. The second-order valence-corrected chi connectivity index (χ2v) is 11.5. The van der Waals surface area contributed by atoms with E-state index in [4.69, 9.17) is 18.9 Å². The molecule has 2 bridgehead atoms. The second-order valence-electron chi connectivity index (χ2n) is 11.5. The van der Waals surface area contributed by atoms with E-state index in [-0.39, 0.29) is 25.2 Å². The third-order valence-electron chi connectivity index (χ3n) is 9.15. The van der Waals surface area contributed by atoms with Gasteiger partial charge in [-0.15, -0.1) is 0 Å². The Labute approximate surface area is 210 Å². The first-order chi connectivity index (χ1) is 16.5. The average Bonchev–Trinajstić information content (AvgIpc) is 2.74. The summed E-state index contributed by atoms with van der Waals surface area (Å²) in [6, 6.07) is 0. The molecular formula is C26H36O10. The van der Waals surface area contributed by atoms with Crippen molar-refractivity contribution in [3.05, 3.63) is 11.6 Å². The molecule has 10 nitrogen and oxygen atoms in total. The Morgan fingerprint density at radius 1 is 1.06 bits per heavy atom. The molecule has 0 spiro atoms. The maximum atomic E-state index is 14.3. The van der Waals surface area contributed by atoms with E-state index >= 15 is 0 Å². The van der Waals surface area contributed by atoms with Crippen molar-refractivity contribution in [2.45, 2.75) is 96.9 Å². The molecule has 200 valence electrons. The first kappa shape index (κ1) is 26.8. The summed E-state index contributed by atoms with van der Waals surface area (Å²) < 4.78 is 22.9.